The van der Waals surface area contributed by atoms with E-state index >= 15 is 0 Å². The monoisotopic (exact) mass is 305 g/mol. The smallest absolute Gasteiger partial charge is 0.311 e. The largest absolute Gasteiger partial charge is 0.483 e. The number of fused-ring (bicyclic) bond motifs is 1. The first kappa shape index (κ1) is 15.1. The molecule has 0 radical (unpaired) electrons. The molecule has 2 aliphatic rings. The molecular weight excluding hydrogens is 282 g/mol. The standard InChI is InChI=1S/C16H23N3O3/c1-11-10-13-14(4-5-15(19(20)21)16(13)22-11)18-8-6-12(7-9-18)17(2)3/h4-5,11-12H,6-10H2,1-3H3. The Hall–Kier alpha value is -1.82. The van der Waals surface area contributed by atoms with E-state index in [4.69, 9.17) is 4.74 Å². The number of nitro groups is 1. The molecule has 0 N–H and O–H groups in total. The average Bonchev–Trinajstić information content (AvgIpc) is 2.87. The van der Waals surface area contributed by atoms with Crippen LogP contribution >= 0.6 is 0 Å². The third kappa shape index (κ3) is 2.63. The molecule has 3 rings (SSSR count). The molecule has 1 saturated heterocycles. The molecule has 1 unspecified atom stereocenters. The molecule has 1 atom stereocenters. The van der Waals surface area contributed by atoms with Crippen molar-refractivity contribution in [1.29, 1.82) is 0 Å². The van der Waals surface area contributed by atoms with Gasteiger partial charge in [0.1, 0.15) is 6.10 Å². The molecular formula is C16H23N3O3. The minimum absolute atomic E-state index is 0.00849. The highest BCUT2D eigenvalue weighted by Gasteiger charge is 2.33. The second-order valence-electron chi connectivity index (χ2n) is 6.48. The van der Waals surface area contributed by atoms with Gasteiger partial charge in [-0.3, -0.25) is 10.1 Å². The Morgan fingerprint density at radius 2 is 2.00 bits per heavy atom. The first-order valence-corrected chi connectivity index (χ1v) is 7.85. The van der Waals surface area contributed by atoms with E-state index in [0.717, 1.165) is 43.6 Å². The van der Waals surface area contributed by atoms with Gasteiger partial charge in [0.2, 0.25) is 5.75 Å². The average molecular weight is 305 g/mol. The molecule has 0 amide bonds. The molecule has 2 heterocycles. The van der Waals surface area contributed by atoms with Gasteiger partial charge in [-0.05, 0) is 39.9 Å². The van der Waals surface area contributed by atoms with Gasteiger partial charge in [-0.2, -0.15) is 0 Å². The van der Waals surface area contributed by atoms with E-state index in [1.807, 2.05) is 13.0 Å². The lowest BCUT2D eigenvalue weighted by Crippen LogP contribution is -2.42. The highest BCUT2D eigenvalue weighted by molar-refractivity contribution is 5.68. The number of nitro benzene ring substituents is 1. The lowest BCUT2D eigenvalue weighted by molar-refractivity contribution is -0.385. The minimum atomic E-state index is -0.348. The Balaban J connectivity index is 1.87. The molecule has 0 aromatic heterocycles. The van der Waals surface area contributed by atoms with Crippen LogP contribution in [0.15, 0.2) is 12.1 Å². The first-order valence-electron chi connectivity index (χ1n) is 7.85. The molecule has 1 aromatic rings. The molecule has 22 heavy (non-hydrogen) atoms. The van der Waals surface area contributed by atoms with Crippen molar-refractivity contribution in [2.24, 2.45) is 0 Å². The van der Waals surface area contributed by atoms with Crippen molar-refractivity contribution in [2.75, 3.05) is 32.1 Å². The van der Waals surface area contributed by atoms with Crippen molar-refractivity contribution in [3.8, 4) is 5.75 Å². The summed E-state index contributed by atoms with van der Waals surface area (Å²) in [4.78, 5) is 15.5. The number of hydrogen-bond donors (Lipinski definition) is 0. The Labute approximate surface area is 130 Å². The number of hydrogen-bond acceptors (Lipinski definition) is 5. The zero-order valence-electron chi connectivity index (χ0n) is 13.4. The molecule has 1 aromatic carbocycles. The van der Waals surface area contributed by atoms with E-state index in [1.54, 1.807) is 6.07 Å². The van der Waals surface area contributed by atoms with Crippen molar-refractivity contribution < 1.29 is 9.66 Å². The summed E-state index contributed by atoms with van der Waals surface area (Å²) >= 11 is 0. The van der Waals surface area contributed by atoms with Gasteiger partial charge in [-0.25, -0.2) is 0 Å². The van der Waals surface area contributed by atoms with Gasteiger partial charge >= 0.3 is 5.69 Å². The van der Waals surface area contributed by atoms with Gasteiger partial charge in [0, 0.05) is 42.9 Å². The predicted molar refractivity (Wildman–Crippen MR) is 85.8 cm³/mol. The van der Waals surface area contributed by atoms with Crippen LogP contribution in [0.4, 0.5) is 11.4 Å². The summed E-state index contributed by atoms with van der Waals surface area (Å²) in [5.41, 5.74) is 2.21. The normalized spacial score (nSPS) is 21.8. The summed E-state index contributed by atoms with van der Waals surface area (Å²) in [6.45, 7) is 3.94. The van der Waals surface area contributed by atoms with Crippen LogP contribution in [0.2, 0.25) is 0 Å². The predicted octanol–water partition coefficient (Wildman–Crippen LogP) is 2.45. The fourth-order valence-electron chi connectivity index (χ4n) is 3.53. The summed E-state index contributed by atoms with van der Waals surface area (Å²) in [7, 11) is 4.25. The van der Waals surface area contributed by atoms with Crippen molar-refractivity contribution in [1.82, 2.24) is 4.90 Å². The summed E-state index contributed by atoms with van der Waals surface area (Å²) in [6.07, 6.45) is 3.00. The van der Waals surface area contributed by atoms with Crippen LogP contribution < -0.4 is 9.64 Å². The van der Waals surface area contributed by atoms with E-state index in [9.17, 15) is 10.1 Å². The van der Waals surface area contributed by atoms with Crippen LogP contribution in [0.1, 0.15) is 25.3 Å². The summed E-state index contributed by atoms with van der Waals surface area (Å²) in [5.74, 6) is 0.477. The van der Waals surface area contributed by atoms with Crippen LogP contribution in [-0.4, -0.2) is 49.2 Å². The molecule has 0 aliphatic carbocycles. The molecule has 6 heteroatoms. The highest BCUT2D eigenvalue weighted by Crippen LogP contribution is 2.43. The highest BCUT2D eigenvalue weighted by atomic mass is 16.6. The zero-order chi connectivity index (χ0) is 15.9. The minimum Gasteiger partial charge on any atom is -0.483 e. The maximum atomic E-state index is 11.2. The maximum Gasteiger partial charge on any atom is 0.311 e. The number of piperidine rings is 1. The summed E-state index contributed by atoms with van der Waals surface area (Å²) in [6, 6.07) is 4.11. The molecule has 120 valence electrons. The SMILES string of the molecule is CC1Cc2c(N3CCC(N(C)C)CC3)ccc([N+](=O)[O-])c2O1. The fourth-order valence-corrected chi connectivity index (χ4v) is 3.53. The van der Waals surface area contributed by atoms with Gasteiger partial charge in [0.05, 0.1) is 4.92 Å². The Morgan fingerprint density at radius 1 is 1.32 bits per heavy atom. The van der Waals surface area contributed by atoms with Crippen LogP contribution in [0.3, 0.4) is 0 Å². The third-order valence-electron chi connectivity index (χ3n) is 4.76. The molecule has 6 nitrogen and oxygen atoms in total. The Kier molecular flexibility index (Phi) is 3.95. The van der Waals surface area contributed by atoms with Gasteiger partial charge in [0.25, 0.3) is 0 Å². The van der Waals surface area contributed by atoms with Gasteiger partial charge in [-0.15, -0.1) is 0 Å². The first-order chi connectivity index (χ1) is 10.5. The molecule has 0 saturated carbocycles. The fraction of sp³-hybridized carbons (Fsp3) is 0.625. The Bertz CT molecular complexity index is 580. The lowest BCUT2D eigenvalue weighted by atomic mass is 10.0. The van der Waals surface area contributed by atoms with Crippen molar-refractivity contribution in [2.45, 2.75) is 38.3 Å². The number of rotatable bonds is 3. The number of anilines is 1. The van der Waals surface area contributed by atoms with Crippen LogP contribution in [0, 0.1) is 10.1 Å². The van der Waals surface area contributed by atoms with E-state index in [-0.39, 0.29) is 16.7 Å². The second kappa shape index (κ2) is 5.76. The number of ether oxygens (including phenoxy) is 1. The quantitative estimate of drug-likeness (QED) is 0.634. The molecule has 0 bridgehead atoms. The third-order valence-corrected chi connectivity index (χ3v) is 4.76. The summed E-state index contributed by atoms with van der Waals surface area (Å²) < 4.78 is 5.71. The van der Waals surface area contributed by atoms with Crippen LogP contribution in [0.25, 0.3) is 0 Å². The van der Waals surface area contributed by atoms with Gasteiger partial charge < -0.3 is 14.5 Å². The summed E-state index contributed by atoms with van der Waals surface area (Å²) in [5, 5.41) is 11.2. The second-order valence-corrected chi connectivity index (χ2v) is 6.48. The van der Waals surface area contributed by atoms with Gasteiger partial charge in [-0.1, -0.05) is 0 Å². The molecule has 1 fully saturated rings. The van der Waals surface area contributed by atoms with E-state index < -0.39 is 0 Å². The van der Waals surface area contributed by atoms with Crippen molar-refractivity contribution in [3.05, 3.63) is 27.8 Å². The topological polar surface area (TPSA) is 58.9 Å². The van der Waals surface area contributed by atoms with E-state index in [2.05, 4.69) is 23.9 Å². The maximum absolute atomic E-state index is 11.2. The van der Waals surface area contributed by atoms with Crippen LogP contribution in [0.5, 0.6) is 5.75 Å². The Morgan fingerprint density at radius 3 is 2.59 bits per heavy atom. The van der Waals surface area contributed by atoms with E-state index in [1.165, 1.54) is 0 Å². The number of benzene rings is 1. The van der Waals surface area contributed by atoms with Crippen LogP contribution in [-0.2, 0) is 6.42 Å². The zero-order valence-corrected chi connectivity index (χ0v) is 13.4. The molecule has 2 aliphatic heterocycles. The number of nitrogens with zero attached hydrogens (tertiary/aromatic N) is 3. The molecule has 0 spiro atoms. The van der Waals surface area contributed by atoms with Crippen molar-refractivity contribution >= 4 is 11.4 Å². The lowest BCUT2D eigenvalue weighted by Gasteiger charge is -2.37. The van der Waals surface area contributed by atoms with Crippen molar-refractivity contribution in [3.63, 3.8) is 0 Å². The van der Waals surface area contributed by atoms with Gasteiger partial charge in [0.15, 0.2) is 0 Å². The van der Waals surface area contributed by atoms with E-state index in [0.29, 0.717) is 11.8 Å².